The number of benzene rings is 2. The lowest BCUT2D eigenvalue weighted by Crippen LogP contribution is -2.33. The Labute approximate surface area is 168 Å². The van der Waals surface area contributed by atoms with Crippen LogP contribution in [0, 0.1) is 0 Å². The van der Waals surface area contributed by atoms with E-state index in [1.165, 1.54) is 0 Å². The van der Waals surface area contributed by atoms with Crippen LogP contribution in [0.3, 0.4) is 0 Å². The summed E-state index contributed by atoms with van der Waals surface area (Å²) in [5, 5.41) is 9.34. The number of carbonyl (C=O) groups excluding carboxylic acids is 3. The lowest BCUT2D eigenvalue weighted by molar-refractivity contribution is -0.117. The number of nitrogens with two attached hydrogens (primary N) is 1. The zero-order valence-electron chi connectivity index (χ0n) is 14.6. The largest absolute Gasteiger partial charge is 0.368 e. The van der Waals surface area contributed by atoms with Gasteiger partial charge in [0, 0.05) is 23.0 Å². The van der Waals surface area contributed by atoms with Crippen molar-refractivity contribution in [3.63, 3.8) is 0 Å². The second-order valence-corrected chi connectivity index (χ2v) is 6.75. The van der Waals surface area contributed by atoms with Gasteiger partial charge in [-0.1, -0.05) is 0 Å². The highest BCUT2D eigenvalue weighted by atomic mass is 79.9. The number of anilines is 1. The number of rotatable bonds is 6. The van der Waals surface area contributed by atoms with Crippen LogP contribution in [0.25, 0.3) is 5.69 Å². The minimum Gasteiger partial charge on any atom is -0.368 e. The molecule has 2 aromatic carbocycles. The molecule has 4 N–H and O–H groups in total. The number of primary amides is 1. The van der Waals surface area contributed by atoms with Gasteiger partial charge in [-0.2, -0.15) is 5.10 Å². The first kappa shape index (κ1) is 19.3. The maximum absolute atomic E-state index is 12.4. The molecule has 0 aliphatic rings. The summed E-state index contributed by atoms with van der Waals surface area (Å²) in [4.78, 5) is 34.9. The van der Waals surface area contributed by atoms with E-state index >= 15 is 0 Å². The van der Waals surface area contributed by atoms with Crippen molar-refractivity contribution in [3.05, 3.63) is 76.5 Å². The summed E-state index contributed by atoms with van der Waals surface area (Å²) in [6.45, 7) is -0.233. The van der Waals surface area contributed by atoms with Crippen molar-refractivity contribution < 1.29 is 14.4 Å². The third kappa shape index (κ3) is 4.83. The zero-order valence-corrected chi connectivity index (χ0v) is 16.1. The van der Waals surface area contributed by atoms with Crippen LogP contribution in [-0.2, 0) is 4.79 Å². The fraction of sp³-hybridized carbons (Fsp3) is 0.0526. The van der Waals surface area contributed by atoms with E-state index in [0.29, 0.717) is 16.8 Å². The molecule has 0 aliphatic heterocycles. The maximum atomic E-state index is 12.4. The molecule has 3 amide bonds. The molecule has 8 nitrogen and oxygen atoms in total. The predicted octanol–water partition coefficient (Wildman–Crippen LogP) is 2.10. The number of hydrogen-bond acceptors (Lipinski definition) is 4. The summed E-state index contributed by atoms with van der Waals surface area (Å²) in [6.07, 6.45) is 3.49. The Morgan fingerprint density at radius 1 is 0.964 bits per heavy atom. The molecular weight excluding hydrogens is 426 g/mol. The Morgan fingerprint density at radius 3 is 2.14 bits per heavy atom. The standard InChI is InChI=1S/C19H16BrN5O3/c20-14-9-23-25(11-14)16-7-3-13(4-8-16)19(28)24-15-5-1-12(2-6-15)18(27)22-10-17(21)26/h1-9,11H,10H2,(H2,21,26)(H,22,27)(H,24,28). The number of halogens is 1. The molecule has 9 heteroatoms. The van der Waals surface area contributed by atoms with E-state index in [1.54, 1.807) is 59.4 Å². The molecule has 3 aromatic rings. The first-order chi connectivity index (χ1) is 13.4. The molecule has 0 saturated heterocycles. The third-order valence-corrected chi connectivity index (χ3v) is 4.18. The van der Waals surface area contributed by atoms with Crippen molar-refractivity contribution in [3.8, 4) is 5.69 Å². The molecule has 0 spiro atoms. The predicted molar refractivity (Wildman–Crippen MR) is 107 cm³/mol. The van der Waals surface area contributed by atoms with Crippen molar-refractivity contribution in [2.24, 2.45) is 5.73 Å². The van der Waals surface area contributed by atoms with Crippen LogP contribution in [-0.4, -0.2) is 34.0 Å². The van der Waals surface area contributed by atoms with Gasteiger partial charge in [-0.3, -0.25) is 14.4 Å². The molecule has 0 saturated carbocycles. The Bertz CT molecular complexity index is 1010. The number of aromatic nitrogens is 2. The smallest absolute Gasteiger partial charge is 0.255 e. The van der Waals surface area contributed by atoms with Gasteiger partial charge in [0.05, 0.1) is 22.9 Å². The van der Waals surface area contributed by atoms with E-state index in [9.17, 15) is 14.4 Å². The van der Waals surface area contributed by atoms with Gasteiger partial charge in [0.2, 0.25) is 5.91 Å². The molecule has 1 heterocycles. The van der Waals surface area contributed by atoms with Crippen molar-refractivity contribution in [2.45, 2.75) is 0 Å². The number of amides is 3. The summed E-state index contributed by atoms with van der Waals surface area (Å²) in [5.74, 6) is -1.32. The van der Waals surface area contributed by atoms with E-state index < -0.39 is 11.8 Å². The Morgan fingerprint density at radius 2 is 1.57 bits per heavy atom. The lowest BCUT2D eigenvalue weighted by Gasteiger charge is -2.08. The van der Waals surface area contributed by atoms with E-state index in [2.05, 4.69) is 31.7 Å². The molecule has 28 heavy (non-hydrogen) atoms. The minimum absolute atomic E-state index is 0.233. The Kier molecular flexibility index (Phi) is 5.85. The average Bonchev–Trinajstić information content (AvgIpc) is 3.13. The highest BCUT2D eigenvalue weighted by Crippen LogP contribution is 2.15. The van der Waals surface area contributed by atoms with Crippen LogP contribution in [0.15, 0.2) is 65.4 Å². The molecule has 3 rings (SSSR count). The summed E-state index contributed by atoms with van der Waals surface area (Å²) in [6, 6.07) is 13.3. The highest BCUT2D eigenvalue weighted by Gasteiger charge is 2.09. The molecule has 0 atom stereocenters. The zero-order chi connectivity index (χ0) is 20.1. The third-order valence-electron chi connectivity index (χ3n) is 3.77. The molecular formula is C19H16BrN5O3. The van der Waals surface area contributed by atoms with Crippen LogP contribution < -0.4 is 16.4 Å². The molecule has 142 valence electrons. The normalized spacial score (nSPS) is 10.3. The molecule has 0 radical (unpaired) electrons. The Hall–Kier alpha value is -3.46. The first-order valence-electron chi connectivity index (χ1n) is 8.21. The van der Waals surface area contributed by atoms with Gasteiger partial charge >= 0.3 is 0 Å². The number of nitrogens with zero attached hydrogens (tertiary/aromatic N) is 2. The first-order valence-corrected chi connectivity index (χ1v) is 9.00. The van der Waals surface area contributed by atoms with Crippen LogP contribution >= 0.6 is 15.9 Å². The van der Waals surface area contributed by atoms with Crippen molar-refractivity contribution in [2.75, 3.05) is 11.9 Å². The second kappa shape index (κ2) is 8.49. The quantitative estimate of drug-likeness (QED) is 0.542. The second-order valence-electron chi connectivity index (χ2n) is 5.83. The number of carbonyl (C=O) groups is 3. The van der Waals surface area contributed by atoms with Gasteiger partial charge in [0.25, 0.3) is 11.8 Å². The van der Waals surface area contributed by atoms with Gasteiger partial charge < -0.3 is 16.4 Å². The molecule has 0 aliphatic carbocycles. The van der Waals surface area contributed by atoms with Gasteiger partial charge in [-0.25, -0.2) is 4.68 Å². The molecule has 0 bridgehead atoms. The SMILES string of the molecule is NC(=O)CNC(=O)c1ccc(NC(=O)c2ccc(-n3cc(Br)cn3)cc2)cc1. The fourth-order valence-electron chi connectivity index (χ4n) is 2.39. The molecule has 0 fully saturated rings. The van der Waals surface area contributed by atoms with Crippen LogP contribution in [0.4, 0.5) is 5.69 Å². The monoisotopic (exact) mass is 441 g/mol. The molecule has 1 aromatic heterocycles. The topological polar surface area (TPSA) is 119 Å². The van der Waals surface area contributed by atoms with E-state index in [4.69, 9.17) is 5.73 Å². The average molecular weight is 442 g/mol. The molecule has 0 unspecified atom stereocenters. The van der Waals surface area contributed by atoms with E-state index in [-0.39, 0.29) is 12.5 Å². The highest BCUT2D eigenvalue weighted by molar-refractivity contribution is 9.10. The number of hydrogen-bond donors (Lipinski definition) is 3. The fourth-order valence-corrected chi connectivity index (χ4v) is 2.67. The lowest BCUT2D eigenvalue weighted by atomic mass is 10.1. The van der Waals surface area contributed by atoms with Gasteiger partial charge in [0.1, 0.15) is 0 Å². The van der Waals surface area contributed by atoms with Crippen LogP contribution in [0.2, 0.25) is 0 Å². The maximum Gasteiger partial charge on any atom is 0.255 e. The van der Waals surface area contributed by atoms with Gasteiger partial charge in [-0.05, 0) is 64.5 Å². The number of nitrogens with one attached hydrogen (secondary N) is 2. The summed E-state index contributed by atoms with van der Waals surface area (Å²) < 4.78 is 2.55. The summed E-state index contributed by atoms with van der Waals surface area (Å²) in [7, 11) is 0. The van der Waals surface area contributed by atoms with Gasteiger partial charge in [-0.15, -0.1) is 0 Å². The Balaban J connectivity index is 1.62. The van der Waals surface area contributed by atoms with Crippen LogP contribution in [0.1, 0.15) is 20.7 Å². The van der Waals surface area contributed by atoms with Gasteiger partial charge in [0.15, 0.2) is 0 Å². The summed E-state index contributed by atoms with van der Waals surface area (Å²) >= 11 is 3.34. The van der Waals surface area contributed by atoms with E-state index in [0.717, 1.165) is 10.2 Å². The van der Waals surface area contributed by atoms with Crippen molar-refractivity contribution in [1.29, 1.82) is 0 Å². The van der Waals surface area contributed by atoms with Crippen molar-refractivity contribution >= 4 is 39.3 Å². The van der Waals surface area contributed by atoms with Crippen molar-refractivity contribution in [1.82, 2.24) is 15.1 Å². The summed E-state index contributed by atoms with van der Waals surface area (Å²) in [5.41, 5.74) is 7.19. The van der Waals surface area contributed by atoms with Crippen LogP contribution in [0.5, 0.6) is 0 Å². The van der Waals surface area contributed by atoms with E-state index in [1.807, 2.05) is 6.20 Å². The minimum atomic E-state index is -0.622.